The van der Waals surface area contributed by atoms with Crippen molar-refractivity contribution < 1.29 is 33.2 Å². The van der Waals surface area contributed by atoms with Crippen molar-refractivity contribution in [2.75, 3.05) is 6.61 Å². The van der Waals surface area contributed by atoms with E-state index in [4.69, 9.17) is 28.4 Å². The van der Waals surface area contributed by atoms with Crippen molar-refractivity contribution in [2.45, 2.75) is 138 Å². The van der Waals surface area contributed by atoms with Crippen LogP contribution in [0.15, 0.2) is 0 Å². The van der Waals surface area contributed by atoms with Gasteiger partial charge >= 0.3 is 5.97 Å². The lowest BCUT2D eigenvalue weighted by molar-refractivity contribution is -0.413. The van der Waals surface area contributed by atoms with Gasteiger partial charge in [-0.3, -0.25) is 0 Å². The predicted octanol–water partition coefficient (Wildman–Crippen LogP) is 4.11. The zero-order chi connectivity index (χ0) is 20.9. The number of hydrogen-bond donors (Lipinski definition) is 0. The quantitative estimate of drug-likeness (QED) is 0.573. The predicted molar refractivity (Wildman–Crippen MR) is 109 cm³/mol. The van der Waals surface area contributed by atoms with Gasteiger partial charge in [-0.25, -0.2) is 4.79 Å². The maximum absolute atomic E-state index is 13.2. The first-order chi connectivity index (χ1) is 15.1. The molecule has 7 nitrogen and oxygen atoms in total. The first-order valence-electron chi connectivity index (χ1n) is 12.7. The Morgan fingerprint density at radius 2 is 1.13 bits per heavy atom. The molecule has 0 bridgehead atoms. The highest BCUT2D eigenvalue weighted by atomic mass is 16.8. The first-order valence-corrected chi connectivity index (χ1v) is 12.7. The average Bonchev–Trinajstić information content (AvgIpc) is 3.19. The molecule has 6 fully saturated rings. The number of ether oxygens (including phenoxy) is 6. The minimum Gasteiger partial charge on any atom is -0.431 e. The molecule has 6 aliphatic rings. The molecule has 3 saturated heterocycles. The standard InChI is InChI=1S/C24H36O7/c25-21-20-19(29-24(31-21)14-8-3-9-15-24)18(28-23(30-20)12-6-2-7-13-23)17-16-26-22(27-17)10-4-1-5-11-22/h17-20H,1-16H2/t17-,18-,19-,20-/m0/s1. The third-order valence-corrected chi connectivity index (χ3v) is 8.27. The summed E-state index contributed by atoms with van der Waals surface area (Å²) in [5, 5.41) is 0. The van der Waals surface area contributed by atoms with E-state index in [0.717, 1.165) is 83.5 Å². The van der Waals surface area contributed by atoms with Crippen LogP contribution in [-0.4, -0.2) is 54.4 Å². The van der Waals surface area contributed by atoms with E-state index in [1.807, 2.05) is 0 Å². The van der Waals surface area contributed by atoms with Crippen LogP contribution < -0.4 is 0 Å². The number of hydrogen-bond acceptors (Lipinski definition) is 7. The van der Waals surface area contributed by atoms with Crippen molar-refractivity contribution in [1.29, 1.82) is 0 Å². The zero-order valence-corrected chi connectivity index (χ0v) is 18.5. The second-order valence-corrected chi connectivity index (χ2v) is 10.5. The van der Waals surface area contributed by atoms with Crippen LogP contribution in [0.5, 0.6) is 0 Å². The van der Waals surface area contributed by atoms with Crippen molar-refractivity contribution in [2.24, 2.45) is 0 Å². The van der Waals surface area contributed by atoms with E-state index in [-0.39, 0.29) is 18.2 Å². The minimum atomic E-state index is -0.833. The molecule has 0 N–H and O–H groups in total. The van der Waals surface area contributed by atoms with Gasteiger partial charge in [-0.05, 0) is 38.5 Å². The van der Waals surface area contributed by atoms with E-state index in [2.05, 4.69) is 0 Å². The second-order valence-electron chi connectivity index (χ2n) is 10.5. The zero-order valence-electron chi connectivity index (χ0n) is 18.5. The molecule has 7 heteroatoms. The Kier molecular flexibility index (Phi) is 5.34. The van der Waals surface area contributed by atoms with Gasteiger partial charge in [-0.15, -0.1) is 0 Å². The van der Waals surface area contributed by atoms with E-state index in [1.165, 1.54) is 12.8 Å². The Bertz CT molecular complexity index is 675. The van der Waals surface area contributed by atoms with Gasteiger partial charge in [0.2, 0.25) is 5.79 Å². The van der Waals surface area contributed by atoms with E-state index in [0.29, 0.717) is 6.61 Å². The smallest absolute Gasteiger partial charge is 0.340 e. The van der Waals surface area contributed by atoms with E-state index < -0.39 is 29.6 Å². The highest BCUT2D eigenvalue weighted by Gasteiger charge is 2.62. The van der Waals surface area contributed by atoms with Crippen LogP contribution >= 0.6 is 0 Å². The second kappa shape index (κ2) is 7.94. The lowest BCUT2D eigenvalue weighted by atomic mass is 9.88. The van der Waals surface area contributed by atoms with Crippen LogP contribution in [-0.2, 0) is 33.2 Å². The Balaban J connectivity index is 1.29. The maximum Gasteiger partial charge on any atom is 0.340 e. The summed E-state index contributed by atoms with van der Waals surface area (Å²) in [4.78, 5) is 13.2. The van der Waals surface area contributed by atoms with Gasteiger partial charge in [0.1, 0.15) is 18.3 Å². The van der Waals surface area contributed by atoms with Gasteiger partial charge in [0.25, 0.3) is 0 Å². The SMILES string of the molecule is O=C1OC2(CCCCC2)O[C@H]2[C@H]([C@@H]3COC4(CCCCC4)O3)OC3(CCCCC3)O[C@H]12. The molecule has 174 valence electrons. The summed E-state index contributed by atoms with van der Waals surface area (Å²) in [6.07, 6.45) is 12.9. The maximum atomic E-state index is 13.2. The number of carbonyl (C=O) groups excluding carboxylic acids is 1. The van der Waals surface area contributed by atoms with Crippen LogP contribution in [0, 0.1) is 0 Å². The summed E-state index contributed by atoms with van der Waals surface area (Å²) in [6.45, 7) is 0.482. The Labute approximate surface area is 184 Å². The summed E-state index contributed by atoms with van der Waals surface area (Å²) in [6, 6.07) is 0. The fourth-order valence-electron chi connectivity index (χ4n) is 6.65. The number of fused-ring (bicyclic) bond motifs is 1. The fourth-order valence-corrected chi connectivity index (χ4v) is 6.65. The van der Waals surface area contributed by atoms with Gasteiger partial charge in [0.15, 0.2) is 17.7 Å². The fraction of sp³-hybridized carbons (Fsp3) is 0.958. The molecule has 31 heavy (non-hydrogen) atoms. The highest BCUT2D eigenvalue weighted by Crippen LogP contribution is 2.48. The van der Waals surface area contributed by atoms with Gasteiger partial charge in [-0.2, -0.15) is 0 Å². The van der Waals surface area contributed by atoms with Gasteiger partial charge in [0, 0.05) is 38.5 Å². The van der Waals surface area contributed by atoms with E-state index in [1.54, 1.807) is 0 Å². The van der Waals surface area contributed by atoms with Crippen LogP contribution in [0.25, 0.3) is 0 Å². The largest absolute Gasteiger partial charge is 0.431 e. The molecule has 6 rings (SSSR count). The Morgan fingerprint density at radius 1 is 0.581 bits per heavy atom. The molecule has 0 amide bonds. The summed E-state index contributed by atoms with van der Waals surface area (Å²) < 4.78 is 38.5. The lowest BCUT2D eigenvalue weighted by Crippen LogP contribution is -2.69. The summed E-state index contributed by atoms with van der Waals surface area (Å²) in [5.41, 5.74) is 0. The first kappa shape index (κ1) is 20.8. The molecule has 3 heterocycles. The molecule has 3 saturated carbocycles. The molecule has 0 unspecified atom stereocenters. The van der Waals surface area contributed by atoms with Crippen molar-refractivity contribution >= 4 is 5.97 Å². The minimum absolute atomic E-state index is 0.250. The van der Waals surface area contributed by atoms with E-state index >= 15 is 0 Å². The average molecular weight is 437 g/mol. The molecule has 0 aromatic carbocycles. The molecule has 3 aliphatic heterocycles. The van der Waals surface area contributed by atoms with E-state index in [9.17, 15) is 4.79 Å². The van der Waals surface area contributed by atoms with Crippen molar-refractivity contribution in [3.8, 4) is 0 Å². The third kappa shape index (κ3) is 3.74. The Hall–Kier alpha value is -0.730. The lowest BCUT2D eigenvalue weighted by Gasteiger charge is -2.55. The summed E-state index contributed by atoms with van der Waals surface area (Å²) in [5.74, 6) is -2.35. The van der Waals surface area contributed by atoms with Gasteiger partial charge in [0.05, 0.1) is 6.61 Å². The van der Waals surface area contributed by atoms with Crippen LogP contribution in [0.2, 0.25) is 0 Å². The van der Waals surface area contributed by atoms with Gasteiger partial charge in [-0.1, -0.05) is 19.3 Å². The number of carbonyl (C=O) groups is 1. The molecule has 0 radical (unpaired) electrons. The highest BCUT2D eigenvalue weighted by molar-refractivity contribution is 5.77. The van der Waals surface area contributed by atoms with Crippen molar-refractivity contribution in [3.63, 3.8) is 0 Å². The number of rotatable bonds is 1. The molecular formula is C24H36O7. The van der Waals surface area contributed by atoms with Crippen LogP contribution in [0.4, 0.5) is 0 Å². The van der Waals surface area contributed by atoms with Crippen molar-refractivity contribution in [1.82, 2.24) is 0 Å². The molecule has 3 aliphatic carbocycles. The summed E-state index contributed by atoms with van der Waals surface area (Å²) >= 11 is 0. The monoisotopic (exact) mass is 436 g/mol. The normalized spacial score (nSPS) is 41.2. The topological polar surface area (TPSA) is 72.5 Å². The molecule has 4 atom stereocenters. The van der Waals surface area contributed by atoms with Crippen LogP contribution in [0.1, 0.15) is 96.3 Å². The Morgan fingerprint density at radius 3 is 1.77 bits per heavy atom. The number of esters is 1. The molecule has 0 aromatic heterocycles. The molecular weight excluding hydrogens is 400 g/mol. The van der Waals surface area contributed by atoms with Gasteiger partial charge < -0.3 is 28.4 Å². The van der Waals surface area contributed by atoms with Crippen molar-refractivity contribution in [3.05, 3.63) is 0 Å². The summed E-state index contributed by atoms with van der Waals surface area (Å²) in [7, 11) is 0. The third-order valence-electron chi connectivity index (χ3n) is 8.27. The molecule has 3 spiro atoms. The van der Waals surface area contributed by atoms with Crippen LogP contribution in [0.3, 0.4) is 0 Å². The molecule has 0 aromatic rings.